The second-order valence-electron chi connectivity index (χ2n) is 1.92. The number of hydrogen-bond donors (Lipinski definition) is 1. The van der Waals surface area contributed by atoms with Crippen LogP contribution < -0.4 is 18.9 Å². The maximum absolute atomic E-state index is 12.8. The maximum atomic E-state index is 12.8. The molecule has 2 nitrogen and oxygen atoms in total. The molecule has 0 aromatic heterocycles. The summed E-state index contributed by atoms with van der Waals surface area (Å²) in [5.41, 5.74) is 0. The Hall–Kier alpha value is 0.0774. The Balaban J connectivity index is 0.00000144. The van der Waals surface area contributed by atoms with E-state index in [0.717, 1.165) is 12.1 Å². The summed E-state index contributed by atoms with van der Waals surface area (Å²) < 4.78 is 44.2. The van der Waals surface area contributed by atoms with Crippen molar-refractivity contribution >= 4 is 22.7 Å². The summed E-state index contributed by atoms with van der Waals surface area (Å²) in [5.74, 6) is -2.28. The Morgan fingerprint density at radius 3 is 2.31 bits per heavy atom. The summed E-state index contributed by atoms with van der Waals surface area (Å²) in [5, 5.41) is -0.381. The summed E-state index contributed by atoms with van der Waals surface area (Å²) in [6, 6.07) is 1.80. The third-order valence-electron chi connectivity index (χ3n) is 1.18. The third-order valence-corrected chi connectivity index (χ3v) is 2.19. The van der Waals surface area contributed by atoms with E-state index in [-0.39, 0.29) is 23.9 Å². The van der Waals surface area contributed by atoms with E-state index < -0.39 is 27.6 Å². The van der Waals surface area contributed by atoms with Gasteiger partial charge in [-0.3, -0.25) is 0 Å². The molecule has 1 N–H and O–H groups in total. The van der Waals surface area contributed by atoms with Crippen molar-refractivity contribution in [3.63, 3.8) is 0 Å². The first-order chi connectivity index (χ1) is 5.54. The molecule has 1 atom stereocenters. The third kappa shape index (κ3) is 2.76. The quantitative estimate of drug-likeness (QED) is 0.382. The van der Waals surface area contributed by atoms with E-state index >= 15 is 0 Å². The van der Waals surface area contributed by atoms with Crippen LogP contribution in [0.5, 0.6) is 0 Å². The summed E-state index contributed by atoms with van der Waals surface area (Å²) in [6.07, 6.45) is 0. The molecule has 13 heavy (non-hydrogen) atoms. The van der Waals surface area contributed by atoms with Crippen LogP contribution in [0.15, 0.2) is 17.0 Å². The molecule has 1 aromatic carbocycles. The van der Waals surface area contributed by atoms with Crippen LogP contribution in [0.3, 0.4) is 0 Å². The van der Waals surface area contributed by atoms with Crippen molar-refractivity contribution in [2.45, 2.75) is 4.90 Å². The Morgan fingerprint density at radius 1 is 1.38 bits per heavy atom. The molecule has 0 radical (unpaired) electrons. The van der Waals surface area contributed by atoms with Crippen LogP contribution in [0.4, 0.5) is 8.78 Å². The smallest absolute Gasteiger partial charge is 0.302 e. The molecule has 0 bridgehead atoms. The van der Waals surface area contributed by atoms with E-state index in [2.05, 4.69) is 0 Å². The van der Waals surface area contributed by atoms with E-state index in [1.165, 1.54) is 0 Å². The number of benzene rings is 1. The second kappa shape index (κ2) is 5.08. The molecule has 7 heteroatoms. The fraction of sp³-hybridized carbons (Fsp3) is 0. The number of rotatable bonds is 1. The first kappa shape index (κ1) is 13.1. The van der Waals surface area contributed by atoms with Crippen LogP contribution in [0.2, 0.25) is 5.02 Å². The zero-order valence-corrected chi connectivity index (χ0v) is 8.12. The van der Waals surface area contributed by atoms with Crippen LogP contribution in [0, 0.1) is 11.6 Å². The summed E-state index contributed by atoms with van der Waals surface area (Å²) in [6.45, 7) is 0. The molecular weight excluding hydrogens is 217 g/mol. The zero-order chi connectivity index (χ0) is 9.30. The van der Waals surface area contributed by atoms with Gasteiger partial charge in [0.15, 0.2) is 16.9 Å². The summed E-state index contributed by atoms with van der Waals surface area (Å²) in [7, 11) is 0. The van der Waals surface area contributed by atoms with Crippen molar-refractivity contribution in [3.8, 4) is 0 Å². The largest absolute Gasteiger partial charge is 1.00 e. The van der Waals surface area contributed by atoms with E-state index in [1.807, 2.05) is 0 Å². The molecule has 1 aromatic rings. The maximum Gasteiger partial charge on any atom is 1.00 e. The van der Waals surface area contributed by atoms with Crippen LogP contribution in [0.25, 0.3) is 0 Å². The van der Waals surface area contributed by atoms with Crippen molar-refractivity contribution in [1.29, 1.82) is 0 Å². The van der Waals surface area contributed by atoms with Crippen LogP contribution in [-0.4, -0.2) is 8.76 Å². The molecule has 1 rings (SSSR count). The predicted octanol–water partition coefficient (Wildman–Crippen LogP) is -0.797. The molecule has 0 amide bonds. The molecule has 0 heterocycles. The molecular formula is C6H3ClF2LiO2S+. The zero-order valence-electron chi connectivity index (χ0n) is 6.55. The van der Waals surface area contributed by atoms with Crippen molar-refractivity contribution < 1.29 is 36.4 Å². The number of halogens is 3. The second-order valence-corrected chi connectivity index (χ2v) is 3.24. The summed E-state index contributed by atoms with van der Waals surface area (Å²) >= 11 is 2.55. The molecule has 0 saturated carbocycles. The molecule has 0 aliphatic heterocycles. The fourth-order valence-electron chi connectivity index (χ4n) is 0.669. The Labute approximate surface area is 92.7 Å². The van der Waals surface area contributed by atoms with Crippen molar-refractivity contribution in [1.82, 2.24) is 0 Å². The Kier molecular flexibility index (Phi) is 5.11. The van der Waals surface area contributed by atoms with Gasteiger partial charge >= 0.3 is 18.9 Å². The van der Waals surface area contributed by atoms with Gasteiger partial charge in [0, 0.05) is 0 Å². The summed E-state index contributed by atoms with van der Waals surface area (Å²) in [4.78, 5) is -0.914. The van der Waals surface area contributed by atoms with Crippen molar-refractivity contribution in [2.75, 3.05) is 0 Å². The molecule has 0 spiro atoms. The SMILES string of the molecule is O=S(O)c1c(F)ccc(Cl)c1F.[Li+]. The van der Waals surface area contributed by atoms with Gasteiger partial charge in [-0.05, 0) is 12.1 Å². The van der Waals surface area contributed by atoms with Crippen LogP contribution >= 0.6 is 11.6 Å². The molecule has 0 fully saturated rings. The first-order valence-electron chi connectivity index (χ1n) is 2.78. The van der Waals surface area contributed by atoms with E-state index in [4.69, 9.17) is 16.2 Å². The fourth-order valence-corrected chi connectivity index (χ4v) is 1.38. The molecule has 0 aliphatic rings. The Morgan fingerprint density at radius 2 is 1.92 bits per heavy atom. The van der Waals surface area contributed by atoms with Gasteiger partial charge in [0.05, 0.1) is 5.02 Å². The minimum atomic E-state index is -2.70. The minimum Gasteiger partial charge on any atom is -0.302 e. The van der Waals surface area contributed by atoms with Crippen LogP contribution in [0.1, 0.15) is 0 Å². The minimum absolute atomic E-state index is 0. The van der Waals surface area contributed by atoms with Gasteiger partial charge in [-0.1, -0.05) is 11.6 Å². The predicted molar refractivity (Wildman–Crippen MR) is 40.4 cm³/mol. The first-order valence-corrected chi connectivity index (χ1v) is 4.27. The van der Waals surface area contributed by atoms with Crippen LogP contribution in [-0.2, 0) is 11.1 Å². The topological polar surface area (TPSA) is 37.3 Å². The number of hydrogen-bond acceptors (Lipinski definition) is 1. The molecule has 66 valence electrons. The van der Waals surface area contributed by atoms with Crippen molar-refractivity contribution in [2.24, 2.45) is 0 Å². The monoisotopic (exact) mass is 219 g/mol. The average molecular weight is 220 g/mol. The Bertz CT molecular complexity index is 348. The van der Waals surface area contributed by atoms with E-state index in [0.29, 0.717) is 0 Å². The van der Waals surface area contributed by atoms with Gasteiger partial charge in [-0.25, -0.2) is 13.0 Å². The van der Waals surface area contributed by atoms with Gasteiger partial charge in [0.2, 0.25) is 0 Å². The van der Waals surface area contributed by atoms with Gasteiger partial charge in [0.1, 0.15) is 10.7 Å². The average Bonchev–Trinajstić information content (AvgIpc) is 1.97. The van der Waals surface area contributed by atoms with Gasteiger partial charge in [0.25, 0.3) is 0 Å². The van der Waals surface area contributed by atoms with Gasteiger partial charge in [-0.15, -0.1) is 0 Å². The van der Waals surface area contributed by atoms with E-state index in [9.17, 15) is 13.0 Å². The molecule has 1 unspecified atom stereocenters. The molecule has 0 aliphatic carbocycles. The van der Waals surface area contributed by atoms with Gasteiger partial charge in [-0.2, -0.15) is 0 Å². The van der Waals surface area contributed by atoms with Gasteiger partial charge < -0.3 is 4.55 Å². The van der Waals surface area contributed by atoms with Crippen molar-refractivity contribution in [3.05, 3.63) is 28.8 Å². The standard InChI is InChI=1S/C6H3ClF2O2S.Li/c7-3-1-2-4(8)6(5(3)9)12(10)11;/h1-2H,(H,10,11);/q;+1. The van der Waals surface area contributed by atoms with E-state index in [1.54, 1.807) is 0 Å². The molecule has 0 saturated heterocycles. The normalized spacial score (nSPS) is 12.0.